The van der Waals surface area contributed by atoms with E-state index in [0.29, 0.717) is 0 Å². The number of benzene rings is 1. The lowest BCUT2D eigenvalue weighted by molar-refractivity contribution is -0.140. The summed E-state index contributed by atoms with van der Waals surface area (Å²) in [7, 11) is 0. The van der Waals surface area contributed by atoms with Crippen molar-refractivity contribution in [3.05, 3.63) is 35.4 Å². The second kappa shape index (κ2) is 5.42. The van der Waals surface area contributed by atoms with Crippen LogP contribution in [0.1, 0.15) is 19.4 Å². The molecule has 1 fully saturated rings. The predicted octanol–water partition coefficient (Wildman–Crippen LogP) is 1.98. The maximum Gasteiger partial charge on any atom is 0.307 e. The smallest absolute Gasteiger partial charge is 0.307 e. The molecule has 0 heterocycles. The maximum absolute atomic E-state index is 13.4. The number of hydrogen-bond acceptors (Lipinski definition) is 2. The van der Waals surface area contributed by atoms with Gasteiger partial charge in [0.2, 0.25) is 5.91 Å². The quantitative estimate of drug-likeness (QED) is 0.873. The normalized spacial score (nSPS) is 22.7. The molecule has 0 aromatic heterocycles. The van der Waals surface area contributed by atoms with Gasteiger partial charge in [-0.1, -0.05) is 19.9 Å². The van der Waals surface area contributed by atoms with Crippen molar-refractivity contribution in [2.45, 2.75) is 20.3 Å². The van der Waals surface area contributed by atoms with E-state index in [4.69, 9.17) is 5.11 Å². The fourth-order valence-electron chi connectivity index (χ4n) is 2.78. The Bertz CT molecular complexity index is 566. The zero-order chi connectivity index (χ0) is 15.8. The third-order valence-corrected chi connectivity index (χ3v) is 4.11. The molecule has 1 aliphatic carbocycles. The number of carbonyl (C=O) groups is 2. The average molecular weight is 297 g/mol. The van der Waals surface area contributed by atoms with Gasteiger partial charge in [-0.3, -0.25) is 9.59 Å². The Morgan fingerprint density at radius 1 is 1.24 bits per heavy atom. The Morgan fingerprint density at radius 2 is 1.81 bits per heavy atom. The summed E-state index contributed by atoms with van der Waals surface area (Å²) < 4.78 is 26.8. The van der Waals surface area contributed by atoms with Gasteiger partial charge < -0.3 is 10.4 Å². The molecule has 4 nitrogen and oxygen atoms in total. The Labute approximate surface area is 121 Å². The molecule has 114 valence electrons. The first-order valence-corrected chi connectivity index (χ1v) is 6.70. The number of nitrogens with one attached hydrogen (secondary N) is 1. The molecule has 0 spiro atoms. The maximum atomic E-state index is 13.4. The minimum Gasteiger partial charge on any atom is -0.481 e. The summed E-state index contributed by atoms with van der Waals surface area (Å²) in [5.41, 5.74) is -0.665. The number of amides is 1. The predicted molar refractivity (Wildman–Crippen MR) is 71.5 cm³/mol. The van der Waals surface area contributed by atoms with Crippen molar-refractivity contribution in [3.8, 4) is 0 Å². The Morgan fingerprint density at radius 3 is 2.29 bits per heavy atom. The van der Waals surface area contributed by atoms with Crippen LogP contribution in [0.2, 0.25) is 0 Å². The molecule has 1 amide bonds. The number of carbonyl (C=O) groups excluding carboxylic acids is 1. The molecule has 0 unspecified atom stereocenters. The molecular formula is C15H17F2NO3. The third kappa shape index (κ3) is 2.89. The van der Waals surface area contributed by atoms with Crippen molar-refractivity contribution >= 4 is 11.9 Å². The van der Waals surface area contributed by atoms with E-state index in [1.807, 2.05) is 0 Å². The van der Waals surface area contributed by atoms with E-state index in [1.165, 1.54) is 6.07 Å². The van der Waals surface area contributed by atoms with Crippen LogP contribution in [0.15, 0.2) is 18.2 Å². The number of halogens is 2. The van der Waals surface area contributed by atoms with E-state index < -0.39 is 34.9 Å². The van der Waals surface area contributed by atoms with E-state index >= 15 is 0 Å². The van der Waals surface area contributed by atoms with Crippen LogP contribution >= 0.6 is 0 Å². The Balaban J connectivity index is 1.90. The van der Waals surface area contributed by atoms with Gasteiger partial charge >= 0.3 is 5.97 Å². The second-order valence-corrected chi connectivity index (χ2v) is 5.86. The summed E-state index contributed by atoms with van der Waals surface area (Å²) in [6, 6.07) is 3.59. The second-order valence-electron chi connectivity index (χ2n) is 5.86. The van der Waals surface area contributed by atoms with E-state index in [1.54, 1.807) is 13.8 Å². The highest BCUT2D eigenvalue weighted by Crippen LogP contribution is 2.58. The molecule has 0 aliphatic heterocycles. The van der Waals surface area contributed by atoms with Crippen molar-refractivity contribution in [1.29, 1.82) is 0 Å². The number of rotatable bonds is 5. The number of carboxylic acids is 1. The topological polar surface area (TPSA) is 66.4 Å². The fraction of sp³-hybridized carbons (Fsp3) is 0.467. The molecule has 21 heavy (non-hydrogen) atoms. The van der Waals surface area contributed by atoms with E-state index in [2.05, 4.69) is 5.32 Å². The van der Waals surface area contributed by atoms with E-state index in [-0.39, 0.29) is 24.4 Å². The average Bonchev–Trinajstić information content (AvgIpc) is 2.96. The molecule has 1 saturated carbocycles. The van der Waals surface area contributed by atoms with Crippen molar-refractivity contribution in [2.24, 2.45) is 17.3 Å². The summed E-state index contributed by atoms with van der Waals surface area (Å²) in [5, 5.41) is 11.6. The Kier molecular flexibility index (Phi) is 3.98. The van der Waals surface area contributed by atoms with Crippen LogP contribution in [0.5, 0.6) is 0 Å². The largest absolute Gasteiger partial charge is 0.481 e. The minimum absolute atomic E-state index is 0.0229. The van der Waals surface area contributed by atoms with Gasteiger partial charge in [-0.15, -0.1) is 0 Å². The highest BCUT2D eigenvalue weighted by Gasteiger charge is 2.65. The van der Waals surface area contributed by atoms with Crippen LogP contribution in [-0.4, -0.2) is 23.5 Å². The van der Waals surface area contributed by atoms with Gasteiger partial charge in [0.05, 0.1) is 11.8 Å². The highest BCUT2D eigenvalue weighted by molar-refractivity contribution is 5.91. The molecule has 2 rings (SSSR count). The lowest BCUT2D eigenvalue weighted by atomic mass is 10.1. The summed E-state index contributed by atoms with van der Waals surface area (Å²) in [6.45, 7) is 3.49. The van der Waals surface area contributed by atoms with Crippen LogP contribution in [0.3, 0.4) is 0 Å². The number of hydrogen-bond donors (Lipinski definition) is 2. The summed E-state index contributed by atoms with van der Waals surface area (Å²) in [5.74, 6) is -3.99. The molecule has 0 bridgehead atoms. The molecule has 2 N–H and O–H groups in total. The standard InChI is InChI=1S/C15H17F2NO3/c1-15(2)11(12(15)14(20)21)13(19)18-7-6-8-9(16)4-3-5-10(8)17/h3-5,11-12H,6-7H2,1-2H3,(H,18,19)(H,20,21)/t11-,12+/m1/s1. The summed E-state index contributed by atoms with van der Waals surface area (Å²) in [6.07, 6.45) is 0.0229. The minimum atomic E-state index is -1.000. The fourth-order valence-corrected chi connectivity index (χ4v) is 2.78. The first kappa shape index (κ1) is 15.4. The molecule has 2 atom stereocenters. The zero-order valence-corrected chi connectivity index (χ0v) is 11.8. The van der Waals surface area contributed by atoms with Crippen LogP contribution in [0.25, 0.3) is 0 Å². The van der Waals surface area contributed by atoms with Gasteiger partial charge in [0.1, 0.15) is 11.6 Å². The monoisotopic (exact) mass is 297 g/mol. The zero-order valence-electron chi connectivity index (χ0n) is 11.8. The van der Waals surface area contributed by atoms with E-state index in [9.17, 15) is 18.4 Å². The molecular weight excluding hydrogens is 280 g/mol. The van der Waals surface area contributed by atoms with Crippen molar-refractivity contribution in [2.75, 3.05) is 6.54 Å². The van der Waals surface area contributed by atoms with Gasteiger partial charge in [0.15, 0.2) is 0 Å². The van der Waals surface area contributed by atoms with Gasteiger partial charge in [-0.25, -0.2) is 8.78 Å². The molecule has 1 aromatic rings. The van der Waals surface area contributed by atoms with Gasteiger partial charge in [0, 0.05) is 12.1 Å². The number of carboxylic acid groups (broad SMARTS) is 1. The summed E-state index contributed by atoms with van der Waals surface area (Å²) in [4.78, 5) is 22.9. The van der Waals surface area contributed by atoms with Crippen molar-refractivity contribution in [3.63, 3.8) is 0 Å². The summed E-state index contributed by atoms with van der Waals surface area (Å²) >= 11 is 0. The number of aliphatic carboxylic acids is 1. The third-order valence-electron chi connectivity index (χ3n) is 4.11. The highest BCUT2D eigenvalue weighted by atomic mass is 19.1. The molecule has 0 saturated heterocycles. The molecule has 6 heteroatoms. The van der Waals surface area contributed by atoms with Gasteiger partial charge in [-0.2, -0.15) is 0 Å². The van der Waals surface area contributed by atoms with Crippen LogP contribution in [0, 0.1) is 28.9 Å². The molecule has 0 radical (unpaired) electrons. The van der Waals surface area contributed by atoms with E-state index in [0.717, 1.165) is 12.1 Å². The molecule has 1 aromatic carbocycles. The lowest BCUT2D eigenvalue weighted by Crippen LogP contribution is -2.29. The van der Waals surface area contributed by atoms with Crippen molar-refractivity contribution < 1.29 is 23.5 Å². The van der Waals surface area contributed by atoms with Crippen LogP contribution in [0.4, 0.5) is 8.78 Å². The van der Waals surface area contributed by atoms with Gasteiger partial charge in [-0.05, 0) is 24.0 Å². The Hall–Kier alpha value is -1.98. The molecule has 1 aliphatic rings. The first-order chi connectivity index (χ1) is 9.76. The first-order valence-electron chi connectivity index (χ1n) is 6.70. The van der Waals surface area contributed by atoms with Crippen molar-refractivity contribution in [1.82, 2.24) is 5.32 Å². The van der Waals surface area contributed by atoms with Crippen LogP contribution < -0.4 is 5.32 Å². The lowest BCUT2D eigenvalue weighted by Gasteiger charge is -2.07. The SMILES string of the molecule is CC1(C)[C@H](C(=O)O)[C@@H]1C(=O)NCCc1c(F)cccc1F. The van der Waals surface area contributed by atoms with Crippen LogP contribution in [-0.2, 0) is 16.0 Å². The van der Waals surface area contributed by atoms with Gasteiger partial charge in [0.25, 0.3) is 0 Å².